The van der Waals surface area contributed by atoms with Gasteiger partial charge in [-0.15, -0.1) is 10.2 Å². The van der Waals surface area contributed by atoms with Gasteiger partial charge in [-0.2, -0.15) is 0 Å². The van der Waals surface area contributed by atoms with Gasteiger partial charge in [-0.25, -0.2) is 0 Å². The summed E-state index contributed by atoms with van der Waals surface area (Å²) in [5.41, 5.74) is 2.65. The Kier molecular flexibility index (Phi) is 5.96. The molecule has 134 valence electrons. The molecule has 0 saturated carbocycles. The standard InChI is InChI=1S/C19H19ClN4OS/c1-3-17-22-23-19(24(17)15-7-5-4-6-8-15)26-12-18(25)21-14-10-9-13(2)16(20)11-14/h4-11H,3,12H2,1-2H3,(H,21,25). The lowest BCUT2D eigenvalue weighted by atomic mass is 10.2. The normalized spacial score (nSPS) is 10.7. The molecular formula is C19H19ClN4OS. The number of hydrogen-bond donors (Lipinski definition) is 1. The van der Waals surface area contributed by atoms with Crippen LogP contribution in [0.2, 0.25) is 5.02 Å². The first kappa shape index (κ1) is 18.5. The summed E-state index contributed by atoms with van der Waals surface area (Å²) in [6.45, 7) is 3.96. The van der Waals surface area contributed by atoms with E-state index in [1.165, 1.54) is 11.8 Å². The van der Waals surface area contributed by atoms with Gasteiger partial charge in [-0.05, 0) is 36.8 Å². The largest absolute Gasteiger partial charge is 0.325 e. The second-order valence-electron chi connectivity index (χ2n) is 5.72. The van der Waals surface area contributed by atoms with E-state index >= 15 is 0 Å². The fraction of sp³-hybridized carbons (Fsp3) is 0.211. The van der Waals surface area contributed by atoms with Gasteiger partial charge in [0.05, 0.1) is 5.75 Å². The minimum absolute atomic E-state index is 0.115. The van der Waals surface area contributed by atoms with Gasteiger partial charge >= 0.3 is 0 Å². The molecule has 1 N–H and O–H groups in total. The highest BCUT2D eigenvalue weighted by atomic mass is 35.5. The second-order valence-corrected chi connectivity index (χ2v) is 7.07. The Morgan fingerprint density at radius 1 is 1.19 bits per heavy atom. The summed E-state index contributed by atoms with van der Waals surface area (Å²) in [6.07, 6.45) is 0.760. The van der Waals surface area contributed by atoms with Crippen molar-refractivity contribution in [3.63, 3.8) is 0 Å². The van der Waals surface area contributed by atoms with E-state index < -0.39 is 0 Å². The zero-order valence-corrected chi connectivity index (χ0v) is 16.1. The van der Waals surface area contributed by atoms with E-state index in [1.807, 2.05) is 60.9 Å². The Hall–Kier alpha value is -2.31. The summed E-state index contributed by atoms with van der Waals surface area (Å²) in [6, 6.07) is 15.4. The van der Waals surface area contributed by atoms with Gasteiger partial charge in [-0.1, -0.05) is 54.6 Å². The van der Waals surface area contributed by atoms with Crippen molar-refractivity contribution >= 4 is 35.0 Å². The fourth-order valence-electron chi connectivity index (χ4n) is 2.46. The number of para-hydroxylation sites is 1. The maximum absolute atomic E-state index is 12.3. The first-order valence-corrected chi connectivity index (χ1v) is 9.63. The Labute approximate surface area is 161 Å². The molecule has 7 heteroatoms. The van der Waals surface area contributed by atoms with Crippen LogP contribution >= 0.6 is 23.4 Å². The number of nitrogens with one attached hydrogen (secondary N) is 1. The zero-order valence-electron chi connectivity index (χ0n) is 14.6. The summed E-state index contributed by atoms with van der Waals surface area (Å²) in [4.78, 5) is 12.3. The molecule has 0 fully saturated rings. The van der Waals surface area contributed by atoms with Crippen LogP contribution in [0.15, 0.2) is 53.7 Å². The molecule has 0 bridgehead atoms. The molecule has 0 radical (unpaired) electrons. The molecule has 0 atom stereocenters. The van der Waals surface area contributed by atoms with Crippen molar-refractivity contribution < 1.29 is 4.79 Å². The van der Waals surface area contributed by atoms with E-state index in [2.05, 4.69) is 15.5 Å². The quantitative estimate of drug-likeness (QED) is 0.632. The number of benzene rings is 2. The molecule has 0 unspecified atom stereocenters. The van der Waals surface area contributed by atoms with E-state index in [4.69, 9.17) is 11.6 Å². The number of nitrogens with zero attached hydrogens (tertiary/aromatic N) is 3. The van der Waals surface area contributed by atoms with Crippen molar-refractivity contribution in [1.29, 1.82) is 0 Å². The van der Waals surface area contributed by atoms with Crippen LogP contribution in [-0.4, -0.2) is 26.4 Å². The Morgan fingerprint density at radius 3 is 2.65 bits per heavy atom. The van der Waals surface area contributed by atoms with Crippen LogP contribution in [0.4, 0.5) is 5.69 Å². The molecule has 0 aliphatic rings. The van der Waals surface area contributed by atoms with Gasteiger partial charge in [0, 0.05) is 22.8 Å². The van der Waals surface area contributed by atoms with Gasteiger partial charge in [0.25, 0.3) is 0 Å². The highest BCUT2D eigenvalue weighted by Gasteiger charge is 2.14. The van der Waals surface area contributed by atoms with E-state index in [1.54, 1.807) is 6.07 Å². The van der Waals surface area contributed by atoms with Crippen molar-refractivity contribution in [2.45, 2.75) is 25.4 Å². The molecule has 26 heavy (non-hydrogen) atoms. The van der Waals surface area contributed by atoms with E-state index in [0.29, 0.717) is 15.9 Å². The van der Waals surface area contributed by atoms with Crippen molar-refractivity contribution in [1.82, 2.24) is 14.8 Å². The van der Waals surface area contributed by atoms with E-state index in [-0.39, 0.29) is 11.7 Å². The Bertz CT molecular complexity index is 911. The highest BCUT2D eigenvalue weighted by Crippen LogP contribution is 2.23. The number of aryl methyl sites for hydroxylation is 2. The monoisotopic (exact) mass is 386 g/mol. The summed E-state index contributed by atoms with van der Waals surface area (Å²) in [5, 5.41) is 12.7. The highest BCUT2D eigenvalue weighted by molar-refractivity contribution is 7.99. The maximum Gasteiger partial charge on any atom is 0.234 e. The van der Waals surface area contributed by atoms with E-state index in [0.717, 1.165) is 23.5 Å². The zero-order chi connectivity index (χ0) is 18.5. The van der Waals surface area contributed by atoms with Gasteiger partial charge < -0.3 is 5.32 Å². The molecule has 0 spiro atoms. The minimum Gasteiger partial charge on any atom is -0.325 e. The number of carbonyl (C=O) groups is 1. The topological polar surface area (TPSA) is 59.8 Å². The summed E-state index contributed by atoms with van der Waals surface area (Å²) < 4.78 is 1.99. The SMILES string of the molecule is CCc1nnc(SCC(=O)Nc2ccc(C)c(Cl)c2)n1-c1ccccc1. The first-order chi connectivity index (χ1) is 12.6. The fourth-order valence-corrected chi connectivity index (χ4v) is 3.41. The van der Waals surface area contributed by atoms with Crippen LogP contribution in [0.5, 0.6) is 0 Å². The van der Waals surface area contributed by atoms with Crippen LogP contribution in [0.3, 0.4) is 0 Å². The number of anilines is 1. The molecule has 0 aliphatic heterocycles. The Morgan fingerprint density at radius 2 is 1.96 bits per heavy atom. The average Bonchev–Trinajstić information content (AvgIpc) is 3.07. The number of hydrogen-bond acceptors (Lipinski definition) is 4. The molecule has 1 heterocycles. The minimum atomic E-state index is -0.115. The predicted molar refractivity (Wildman–Crippen MR) is 106 cm³/mol. The van der Waals surface area contributed by atoms with E-state index in [9.17, 15) is 4.79 Å². The second kappa shape index (κ2) is 8.38. The number of rotatable bonds is 6. The number of aromatic nitrogens is 3. The lowest BCUT2D eigenvalue weighted by Gasteiger charge is -2.09. The lowest BCUT2D eigenvalue weighted by molar-refractivity contribution is -0.113. The third kappa shape index (κ3) is 4.26. The average molecular weight is 387 g/mol. The molecule has 0 aliphatic carbocycles. The van der Waals surface area contributed by atoms with Crippen molar-refractivity contribution in [3.05, 3.63) is 64.9 Å². The van der Waals surface area contributed by atoms with Gasteiger partial charge in [0.2, 0.25) is 5.91 Å². The number of carbonyl (C=O) groups excluding carboxylic acids is 1. The number of amides is 1. The number of thioether (sulfide) groups is 1. The maximum atomic E-state index is 12.3. The summed E-state index contributed by atoms with van der Waals surface area (Å²) in [5.74, 6) is 0.986. The summed E-state index contributed by atoms with van der Waals surface area (Å²) >= 11 is 7.46. The van der Waals surface area contributed by atoms with Crippen LogP contribution in [0.1, 0.15) is 18.3 Å². The lowest BCUT2D eigenvalue weighted by Crippen LogP contribution is -2.14. The van der Waals surface area contributed by atoms with Crippen LogP contribution in [0, 0.1) is 6.92 Å². The Balaban J connectivity index is 1.70. The molecule has 1 amide bonds. The van der Waals surface area contributed by atoms with Gasteiger partial charge in [-0.3, -0.25) is 9.36 Å². The molecule has 2 aromatic carbocycles. The first-order valence-electron chi connectivity index (χ1n) is 8.27. The molecule has 0 saturated heterocycles. The molecule has 1 aromatic heterocycles. The van der Waals surface area contributed by atoms with Gasteiger partial charge in [0.1, 0.15) is 5.82 Å². The third-order valence-electron chi connectivity index (χ3n) is 3.82. The van der Waals surface area contributed by atoms with Crippen molar-refractivity contribution in [3.8, 4) is 5.69 Å². The number of halogens is 1. The van der Waals surface area contributed by atoms with Crippen molar-refractivity contribution in [2.75, 3.05) is 11.1 Å². The smallest absolute Gasteiger partial charge is 0.234 e. The van der Waals surface area contributed by atoms with Crippen LogP contribution < -0.4 is 5.32 Å². The van der Waals surface area contributed by atoms with Crippen LogP contribution in [0.25, 0.3) is 5.69 Å². The van der Waals surface area contributed by atoms with Crippen LogP contribution in [-0.2, 0) is 11.2 Å². The van der Waals surface area contributed by atoms with Gasteiger partial charge in [0.15, 0.2) is 5.16 Å². The molecule has 3 rings (SSSR count). The third-order valence-corrected chi connectivity index (χ3v) is 5.16. The molecule has 5 nitrogen and oxygen atoms in total. The predicted octanol–water partition coefficient (Wildman–Crippen LogP) is 4.52. The van der Waals surface area contributed by atoms with Crippen molar-refractivity contribution in [2.24, 2.45) is 0 Å². The molecular weight excluding hydrogens is 368 g/mol. The summed E-state index contributed by atoms with van der Waals surface area (Å²) in [7, 11) is 0. The molecule has 3 aromatic rings.